The van der Waals surface area contributed by atoms with Gasteiger partial charge in [0.25, 0.3) is 11.6 Å². The molecule has 2 unspecified atom stereocenters. The highest BCUT2D eigenvalue weighted by atomic mass is 16.6. The van der Waals surface area contributed by atoms with Gasteiger partial charge in [-0.3, -0.25) is 24.5 Å². The van der Waals surface area contributed by atoms with Gasteiger partial charge in [0.2, 0.25) is 5.91 Å². The molecule has 2 amide bonds. The first-order valence-corrected chi connectivity index (χ1v) is 8.26. The van der Waals surface area contributed by atoms with Crippen molar-refractivity contribution in [2.45, 2.75) is 19.4 Å². The number of likely N-dealkylation sites (tertiary alicyclic amines) is 1. The summed E-state index contributed by atoms with van der Waals surface area (Å²) in [6, 6.07) is 4.26. The summed E-state index contributed by atoms with van der Waals surface area (Å²) >= 11 is 0. The van der Waals surface area contributed by atoms with E-state index < -0.39 is 34.2 Å². The third kappa shape index (κ3) is 4.40. The highest BCUT2D eigenvalue weighted by Crippen LogP contribution is 2.31. The molecule has 0 bridgehead atoms. The number of nitrogens with one attached hydrogen (secondary N) is 1. The number of rotatable bonds is 7. The van der Waals surface area contributed by atoms with Crippen molar-refractivity contribution in [2.24, 2.45) is 5.41 Å². The van der Waals surface area contributed by atoms with Gasteiger partial charge in [0.05, 0.1) is 11.5 Å². The molecule has 2 N–H and O–H groups in total. The van der Waals surface area contributed by atoms with Gasteiger partial charge in [-0.25, -0.2) is 0 Å². The van der Waals surface area contributed by atoms with Gasteiger partial charge in [-0.15, -0.1) is 0 Å². The predicted octanol–water partition coefficient (Wildman–Crippen LogP) is 0.663. The molecular formula is C17H21N3O7. The van der Waals surface area contributed by atoms with E-state index in [1.807, 2.05) is 0 Å². The summed E-state index contributed by atoms with van der Waals surface area (Å²) in [7, 11) is 1.40. The lowest BCUT2D eigenvalue weighted by atomic mass is 9.88. The zero-order valence-corrected chi connectivity index (χ0v) is 15.0. The molecule has 10 nitrogen and oxygen atoms in total. The van der Waals surface area contributed by atoms with E-state index in [2.05, 4.69) is 5.32 Å². The topological polar surface area (TPSA) is 139 Å². The maximum Gasteiger partial charge on any atom is 0.313 e. The van der Waals surface area contributed by atoms with Gasteiger partial charge < -0.3 is 20.1 Å². The fourth-order valence-electron chi connectivity index (χ4n) is 3.07. The van der Waals surface area contributed by atoms with Crippen LogP contribution < -0.4 is 5.32 Å². The number of amides is 2. The first-order valence-electron chi connectivity index (χ1n) is 8.26. The monoisotopic (exact) mass is 379 g/mol. The number of methoxy groups -OCH3 is 1. The Morgan fingerprint density at radius 2 is 2.15 bits per heavy atom. The minimum Gasteiger partial charge on any atom is -0.481 e. The summed E-state index contributed by atoms with van der Waals surface area (Å²) in [5.41, 5.74) is -1.33. The van der Waals surface area contributed by atoms with Gasteiger partial charge in [0, 0.05) is 37.9 Å². The number of nitro groups is 1. The fourth-order valence-corrected chi connectivity index (χ4v) is 3.07. The summed E-state index contributed by atoms with van der Waals surface area (Å²) < 4.78 is 4.99. The van der Waals surface area contributed by atoms with E-state index in [1.54, 1.807) is 0 Å². The number of hydrogen-bond acceptors (Lipinski definition) is 6. The lowest BCUT2D eigenvalue weighted by molar-refractivity contribution is -0.384. The summed E-state index contributed by atoms with van der Waals surface area (Å²) in [6.45, 7) is 1.70. The van der Waals surface area contributed by atoms with Crippen molar-refractivity contribution in [3.63, 3.8) is 0 Å². The molecule has 10 heteroatoms. The number of benzene rings is 1. The molecule has 146 valence electrons. The maximum atomic E-state index is 12.6. The van der Waals surface area contributed by atoms with Crippen molar-refractivity contribution in [1.29, 1.82) is 0 Å². The molecule has 1 aromatic carbocycles. The molecule has 0 saturated carbocycles. The third-order valence-corrected chi connectivity index (χ3v) is 4.58. The molecule has 1 saturated heterocycles. The minimum atomic E-state index is -1.16. The largest absolute Gasteiger partial charge is 0.481 e. The Labute approximate surface area is 155 Å². The normalized spacial score (nSPS) is 20.1. The van der Waals surface area contributed by atoms with Crippen molar-refractivity contribution in [2.75, 3.05) is 26.8 Å². The number of non-ortho nitro benzene ring substituents is 1. The standard InChI is InChI=1S/C17H21N3O7/c1-11(18-14(21)12-4-3-5-13(8-12)20(25)26)15(22)19-7-6-17(9-19,10-27-2)16(23)24/h3-5,8,11H,6-7,9-10H2,1-2H3,(H,18,21)(H,23,24). The Bertz CT molecular complexity index is 767. The van der Waals surface area contributed by atoms with Crippen LogP contribution >= 0.6 is 0 Å². The molecular weight excluding hydrogens is 358 g/mol. The average Bonchev–Trinajstić information content (AvgIpc) is 3.07. The molecule has 0 spiro atoms. The molecule has 0 radical (unpaired) electrons. The minimum absolute atomic E-state index is 0.00791. The Hall–Kier alpha value is -3.01. The summed E-state index contributed by atoms with van der Waals surface area (Å²) in [5, 5.41) is 22.8. The quantitative estimate of drug-likeness (QED) is 0.524. The van der Waals surface area contributed by atoms with Gasteiger partial charge in [0.15, 0.2) is 0 Å². The maximum absolute atomic E-state index is 12.6. The molecule has 1 aliphatic heterocycles. The molecule has 0 aromatic heterocycles. The van der Waals surface area contributed by atoms with E-state index in [0.717, 1.165) is 6.07 Å². The number of carboxylic acids is 1. The molecule has 1 heterocycles. The van der Waals surface area contributed by atoms with E-state index in [4.69, 9.17) is 4.74 Å². The van der Waals surface area contributed by atoms with Gasteiger partial charge in [-0.2, -0.15) is 0 Å². The fraction of sp³-hybridized carbons (Fsp3) is 0.471. The molecule has 1 aromatic rings. The number of nitro benzene ring substituents is 1. The van der Waals surface area contributed by atoms with Crippen LogP contribution in [0.3, 0.4) is 0 Å². The number of carbonyl (C=O) groups excluding carboxylic acids is 2. The highest BCUT2D eigenvalue weighted by Gasteiger charge is 2.47. The van der Waals surface area contributed by atoms with Crippen molar-refractivity contribution >= 4 is 23.5 Å². The number of carbonyl (C=O) groups is 3. The van der Waals surface area contributed by atoms with Gasteiger partial charge >= 0.3 is 5.97 Å². The summed E-state index contributed by atoms with van der Waals surface area (Å²) in [5.74, 6) is -2.08. The first-order chi connectivity index (χ1) is 12.7. The average molecular weight is 379 g/mol. The Balaban J connectivity index is 2.03. The van der Waals surface area contributed by atoms with Crippen LogP contribution in [-0.4, -0.2) is 65.6 Å². The molecule has 1 fully saturated rings. The number of ether oxygens (including phenoxy) is 1. The van der Waals surface area contributed by atoms with Crippen molar-refractivity contribution in [3.8, 4) is 0 Å². The molecule has 1 aliphatic rings. The number of nitrogens with zero attached hydrogens (tertiary/aromatic N) is 2. The summed E-state index contributed by atoms with van der Waals surface area (Å²) in [6.07, 6.45) is 0.257. The highest BCUT2D eigenvalue weighted by molar-refractivity contribution is 5.98. The van der Waals surface area contributed by atoms with Gasteiger partial charge in [-0.1, -0.05) is 6.07 Å². The second kappa shape index (κ2) is 8.12. The predicted molar refractivity (Wildman–Crippen MR) is 93.2 cm³/mol. The smallest absolute Gasteiger partial charge is 0.313 e. The Morgan fingerprint density at radius 1 is 1.44 bits per heavy atom. The van der Waals surface area contributed by atoms with Crippen molar-refractivity contribution in [1.82, 2.24) is 10.2 Å². The van der Waals surface area contributed by atoms with E-state index in [1.165, 1.54) is 37.1 Å². The second-order valence-electron chi connectivity index (χ2n) is 6.53. The SMILES string of the molecule is COCC1(C(=O)O)CCN(C(=O)C(C)NC(=O)c2cccc([N+](=O)[O-])c2)C1. The van der Waals surface area contributed by atoms with Crippen molar-refractivity contribution < 1.29 is 29.2 Å². The number of aliphatic carboxylic acids is 1. The van der Waals surface area contributed by atoms with E-state index in [0.29, 0.717) is 0 Å². The zero-order valence-electron chi connectivity index (χ0n) is 15.0. The number of carboxylic acid groups (broad SMARTS) is 1. The third-order valence-electron chi connectivity index (χ3n) is 4.58. The van der Waals surface area contributed by atoms with Crippen LogP contribution in [-0.2, 0) is 14.3 Å². The Kier molecular flexibility index (Phi) is 6.11. The number of hydrogen-bond donors (Lipinski definition) is 2. The molecule has 2 rings (SSSR count). The lowest BCUT2D eigenvalue weighted by Crippen LogP contribution is -2.48. The van der Waals surface area contributed by atoms with Crippen LogP contribution in [0.4, 0.5) is 5.69 Å². The van der Waals surface area contributed by atoms with Crippen LogP contribution in [0.2, 0.25) is 0 Å². The van der Waals surface area contributed by atoms with E-state index in [9.17, 15) is 29.6 Å². The van der Waals surface area contributed by atoms with Crippen molar-refractivity contribution in [3.05, 3.63) is 39.9 Å². The van der Waals surface area contributed by atoms with Crippen LogP contribution in [0.1, 0.15) is 23.7 Å². The zero-order chi connectivity index (χ0) is 20.2. The van der Waals surface area contributed by atoms with Crippen LogP contribution in [0.5, 0.6) is 0 Å². The van der Waals surface area contributed by atoms with E-state index in [-0.39, 0.29) is 37.4 Å². The first kappa shape index (κ1) is 20.3. The van der Waals surface area contributed by atoms with Crippen LogP contribution in [0.15, 0.2) is 24.3 Å². The van der Waals surface area contributed by atoms with Crippen LogP contribution in [0.25, 0.3) is 0 Å². The molecule has 2 atom stereocenters. The Morgan fingerprint density at radius 3 is 2.74 bits per heavy atom. The summed E-state index contributed by atoms with van der Waals surface area (Å²) in [4.78, 5) is 48.0. The molecule has 0 aliphatic carbocycles. The lowest BCUT2D eigenvalue weighted by Gasteiger charge is -2.25. The van der Waals surface area contributed by atoms with Crippen LogP contribution in [0, 0.1) is 15.5 Å². The van der Waals surface area contributed by atoms with E-state index >= 15 is 0 Å². The van der Waals surface area contributed by atoms with Gasteiger partial charge in [-0.05, 0) is 19.4 Å². The molecule has 27 heavy (non-hydrogen) atoms. The second-order valence-corrected chi connectivity index (χ2v) is 6.53. The van der Waals surface area contributed by atoms with Gasteiger partial charge in [0.1, 0.15) is 11.5 Å².